The maximum atomic E-state index is 13.1. The fraction of sp³-hybridized carbons (Fsp3) is 0.391. The third-order valence-electron chi connectivity index (χ3n) is 5.39. The second-order valence-electron chi connectivity index (χ2n) is 7.85. The van der Waals surface area contributed by atoms with Crippen LogP contribution in [0.4, 0.5) is 15.8 Å². The topological polar surface area (TPSA) is 95.6 Å². The standard InChI is InChI=1S/C23H28FN3O4S/c1-2-3-4-5-14-25-32(30,31)21-12-8-19(9-13-21)26-23(29)17-15-22(28)27(16-17)20-10-6-18(24)7-11-20/h6-13,17,25H,2-5,14-16H2,1H3,(H,26,29)/t17-/m1/s1. The van der Waals surface area contributed by atoms with Crippen molar-refractivity contribution in [1.82, 2.24) is 4.72 Å². The van der Waals surface area contributed by atoms with Crippen molar-refractivity contribution in [2.45, 2.75) is 43.9 Å². The number of carbonyl (C=O) groups is 2. The lowest BCUT2D eigenvalue weighted by Gasteiger charge is -2.16. The summed E-state index contributed by atoms with van der Waals surface area (Å²) in [5.74, 6) is -1.48. The Morgan fingerprint density at radius 2 is 1.75 bits per heavy atom. The number of hydrogen-bond acceptors (Lipinski definition) is 4. The van der Waals surface area contributed by atoms with Crippen LogP contribution in [-0.2, 0) is 19.6 Å². The predicted molar refractivity (Wildman–Crippen MR) is 121 cm³/mol. The van der Waals surface area contributed by atoms with E-state index in [4.69, 9.17) is 0 Å². The van der Waals surface area contributed by atoms with E-state index in [1.165, 1.54) is 53.4 Å². The number of halogens is 1. The highest BCUT2D eigenvalue weighted by Crippen LogP contribution is 2.26. The lowest BCUT2D eigenvalue weighted by molar-refractivity contribution is -0.122. The Balaban J connectivity index is 1.55. The van der Waals surface area contributed by atoms with E-state index in [0.29, 0.717) is 17.9 Å². The summed E-state index contributed by atoms with van der Waals surface area (Å²) in [5, 5.41) is 2.74. The van der Waals surface area contributed by atoms with Crippen LogP contribution in [0.15, 0.2) is 53.4 Å². The van der Waals surface area contributed by atoms with Crippen LogP contribution in [0.5, 0.6) is 0 Å². The molecule has 1 saturated heterocycles. The van der Waals surface area contributed by atoms with Crippen molar-refractivity contribution < 1.29 is 22.4 Å². The van der Waals surface area contributed by atoms with Gasteiger partial charge in [-0.3, -0.25) is 9.59 Å². The summed E-state index contributed by atoms with van der Waals surface area (Å²) in [5.41, 5.74) is 0.994. The first-order chi connectivity index (χ1) is 15.3. The van der Waals surface area contributed by atoms with E-state index >= 15 is 0 Å². The number of carbonyl (C=O) groups excluding carboxylic acids is 2. The van der Waals surface area contributed by atoms with Gasteiger partial charge in [0, 0.05) is 30.9 Å². The molecule has 0 spiro atoms. The molecule has 1 aliphatic heterocycles. The monoisotopic (exact) mass is 461 g/mol. The van der Waals surface area contributed by atoms with Crippen molar-refractivity contribution in [3.8, 4) is 0 Å². The minimum atomic E-state index is -3.60. The zero-order chi connectivity index (χ0) is 23.1. The summed E-state index contributed by atoms with van der Waals surface area (Å²) >= 11 is 0. The highest BCUT2D eigenvalue weighted by molar-refractivity contribution is 7.89. The molecule has 2 N–H and O–H groups in total. The molecule has 9 heteroatoms. The van der Waals surface area contributed by atoms with Gasteiger partial charge in [0.25, 0.3) is 0 Å². The van der Waals surface area contributed by atoms with Crippen molar-refractivity contribution in [1.29, 1.82) is 0 Å². The fourth-order valence-electron chi connectivity index (χ4n) is 3.56. The molecule has 3 rings (SSSR count). The zero-order valence-electron chi connectivity index (χ0n) is 18.0. The first-order valence-electron chi connectivity index (χ1n) is 10.8. The van der Waals surface area contributed by atoms with Crippen molar-refractivity contribution in [2.24, 2.45) is 5.92 Å². The Kier molecular flexibility index (Phi) is 7.98. The largest absolute Gasteiger partial charge is 0.326 e. The van der Waals surface area contributed by atoms with Gasteiger partial charge in [0.1, 0.15) is 5.82 Å². The average molecular weight is 462 g/mol. The Morgan fingerprint density at radius 3 is 2.41 bits per heavy atom. The zero-order valence-corrected chi connectivity index (χ0v) is 18.8. The molecule has 0 saturated carbocycles. The molecule has 0 aliphatic carbocycles. The van der Waals surface area contributed by atoms with E-state index in [9.17, 15) is 22.4 Å². The molecule has 32 heavy (non-hydrogen) atoms. The maximum absolute atomic E-state index is 13.1. The van der Waals surface area contributed by atoms with Crippen molar-refractivity contribution in [3.05, 3.63) is 54.3 Å². The van der Waals surface area contributed by atoms with Gasteiger partial charge < -0.3 is 10.2 Å². The number of unbranched alkanes of at least 4 members (excludes halogenated alkanes) is 3. The SMILES string of the molecule is CCCCCCNS(=O)(=O)c1ccc(NC(=O)[C@@H]2CC(=O)N(c3ccc(F)cc3)C2)cc1. The van der Waals surface area contributed by atoms with Crippen LogP contribution < -0.4 is 14.9 Å². The lowest BCUT2D eigenvalue weighted by atomic mass is 10.1. The van der Waals surface area contributed by atoms with Gasteiger partial charge in [-0.2, -0.15) is 0 Å². The smallest absolute Gasteiger partial charge is 0.240 e. The van der Waals surface area contributed by atoms with E-state index in [1.807, 2.05) is 0 Å². The van der Waals surface area contributed by atoms with E-state index in [-0.39, 0.29) is 29.7 Å². The summed E-state index contributed by atoms with van der Waals surface area (Å²) in [6, 6.07) is 11.5. The summed E-state index contributed by atoms with van der Waals surface area (Å²) in [7, 11) is -3.60. The average Bonchev–Trinajstić information content (AvgIpc) is 3.16. The van der Waals surface area contributed by atoms with Gasteiger partial charge in [0.05, 0.1) is 10.8 Å². The Morgan fingerprint density at radius 1 is 1.06 bits per heavy atom. The highest BCUT2D eigenvalue weighted by Gasteiger charge is 2.35. The molecule has 172 valence electrons. The highest BCUT2D eigenvalue weighted by atomic mass is 32.2. The number of rotatable bonds is 10. The van der Waals surface area contributed by atoms with E-state index < -0.39 is 21.8 Å². The minimum absolute atomic E-state index is 0.0532. The number of nitrogens with one attached hydrogen (secondary N) is 2. The third-order valence-corrected chi connectivity index (χ3v) is 6.87. The number of benzene rings is 2. The van der Waals surface area contributed by atoms with Gasteiger partial charge in [-0.25, -0.2) is 17.5 Å². The molecule has 0 radical (unpaired) electrons. The molecule has 1 fully saturated rings. The summed E-state index contributed by atoms with van der Waals surface area (Å²) in [6.07, 6.45) is 3.98. The van der Waals surface area contributed by atoms with Crippen molar-refractivity contribution >= 4 is 33.2 Å². The van der Waals surface area contributed by atoms with E-state index in [1.54, 1.807) is 0 Å². The van der Waals surface area contributed by atoms with Crippen LogP contribution in [-0.4, -0.2) is 33.3 Å². The first-order valence-corrected chi connectivity index (χ1v) is 12.2. The van der Waals surface area contributed by atoms with Crippen molar-refractivity contribution in [3.63, 3.8) is 0 Å². The van der Waals surface area contributed by atoms with Crippen LogP contribution in [0, 0.1) is 11.7 Å². The summed E-state index contributed by atoms with van der Waals surface area (Å²) < 4.78 is 40.4. The Bertz CT molecular complexity index is 1040. The molecule has 7 nitrogen and oxygen atoms in total. The molecule has 0 bridgehead atoms. The van der Waals surface area contributed by atoms with Gasteiger partial charge >= 0.3 is 0 Å². The number of amides is 2. The van der Waals surface area contributed by atoms with Gasteiger partial charge in [-0.05, 0) is 55.0 Å². The number of hydrogen-bond donors (Lipinski definition) is 2. The van der Waals surface area contributed by atoms with E-state index in [2.05, 4.69) is 17.0 Å². The van der Waals surface area contributed by atoms with E-state index in [0.717, 1.165) is 25.7 Å². The lowest BCUT2D eigenvalue weighted by Crippen LogP contribution is -2.28. The minimum Gasteiger partial charge on any atom is -0.326 e. The molecule has 2 amide bonds. The summed E-state index contributed by atoms with van der Waals surface area (Å²) in [4.78, 5) is 26.5. The second-order valence-corrected chi connectivity index (χ2v) is 9.62. The van der Waals surface area contributed by atoms with Crippen LogP contribution in [0.1, 0.15) is 39.0 Å². The molecule has 1 atom stereocenters. The van der Waals surface area contributed by atoms with Crippen LogP contribution in [0.3, 0.4) is 0 Å². The van der Waals surface area contributed by atoms with Crippen LogP contribution >= 0.6 is 0 Å². The fourth-order valence-corrected chi connectivity index (χ4v) is 4.63. The van der Waals surface area contributed by atoms with Crippen LogP contribution in [0.2, 0.25) is 0 Å². The molecule has 0 unspecified atom stereocenters. The molecular weight excluding hydrogens is 433 g/mol. The Hall–Kier alpha value is -2.78. The molecule has 2 aromatic carbocycles. The molecule has 1 heterocycles. The molecular formula is C23H28FN3O4S. The van der Waals surface area contributed by atoms with Crippen LogP contribution in [0.25, 0.3) is 0 Å². The quantitative estimate of drug-likeness (QED) is 0.528. The number of sulfonamides is 1. The molecule has 2 aromatic rings. The number of anilines is 2. The molecule has 1 aliphatic rings. The normalized spacial score (nSPS) is 16.4. The van der Waals surface area contributed by atoms with Gasteiger partial charge in [0.15, 0.2) is 0 Å². The molecule has 0 aromatic heterocycles. The Labute approximate surface area is 188 Å². The van der Waals surface area contributed by atoms with Gasteiger partial charge in [-0.15, -0.1) is 0 Å². The van der Waals surface area contributed by atoms with Crippen molar-refractivity contribution in [2.75, 3.05) is 23.3 Å². The number of nitrogens with zero attached hydrogens (tertiary/aromatic N) is 1. The first kappa shape index (κ1) is 23.9. The third kappa shape index (κ3) is 6.14. The second kappa shape index (κ2) is 10.7. The predicted octanol–water partition coefficient (Wildman–Crippen LogP) is 3.68. The van der Waals surface area contributed by atoms with Gasteiger partial charge in [0.2, 0.25) is 21.8 Å². The summed E-state index contributed by atoms with van der Waals surface area (Å²) in [6.45, 7) is 2.68. The maximum Gasteiger partial charge on any atom is 0.240 e. The van der Waals surface area contributed by atoms with Gasteiger partial charge in [-0.1, -0.05) is 26.2 Å².